The van der Waals surface area contributed by atoms with Gasteiger partial charge in [0, 0.05) is 12.8 Å². The second-order valence-corrected chi connectivity index (χ2v) is 27.7. The molecule has 568 valence electrons. The van der Waals surface area contributed by atoms with Gasteiger partial charge in [0.2, 0.25) is 0 Å². The van der Waals surface area contributed by atoms with E-state index < -0.39 is 32.5 Å². The number of carbonyl (C=O) groups is 2. The minimum absolute atomic E-state index is 0.0511. The predicted octanol–water partition coefficient (Wildman–Crippen LogP) is 26.2. The molecule has 0 spiro atoms. The van der Waals surface area contributed by atoms with Crippen LogP contribution in [0.1, 0.15) is 258 Å². The molecule has 0 aliphatic heterocycles. The maximum atomic E-state index is 12.9. The average molecular weight is 1420 g/mol. The largest absolute Gasteiger partial charge is 0.756 e. The second-order valence-electron chi connectivity index (χ2n) is 26.3. The molecule has 0 aromatic heterocycles. The first kappa shape index (κ1) is 95.5. The van der Waals surface area contributed by atoms with Crippen LogP contribution in [0.25, 0.3) is 0 Å². The summed E-state index contributed by atoms with van der Waals surface area (Å²) in [6.45, 7) is 3.94. The Labute approximate surface area is 625 Å². The molecule has 0 aliphatic rings. The maximum Gasteiger partial charge on any atom is 0.306 e. The highest BCUT2D eigenvalue weighted by molar-refractivity contribution is 7.45. The van der Waals surface area contributed by atoms with Crippen molar-refractivity contribution in [1.29, 1.82) is 0 Å². The number of hydrogen-bond donors (Lipinski definition) is 0. The fraction of sp³-hybridized carbons (Fsp3) is 0.522. The Hall–Kier alpha value is -6.45. The first-order valence-corrected chi connectivity index (χ1v) is 40.9. The van der Waals surface area contributed by atoms with Gasteiger partial charge in [0.1, 0.15) is 19.8 Å². The highest BCUT2D eigenvalue weighted by atomic mass is 31.2. The van der Waals surface area contributed by atoms with Crippen molar-refractivity contribution in [2.24, 2.45) is 0 Å². The van der Waals surface area contributed by atoms with E-state index in [9.17, 15) is 19.0 Å². The average Bonchev–Trinajstić information content (AvgIpc) is 0.916. The molecule has 102 heavy (non-hydrogen) atoms. The third-order valence-electron chi connectivity index (χ3n) is 15.6. The SMILES string of the molecule is CC/C=C\C/C=C\C/C=C\C/C=C\C/C=C\C/C=C\C/C=C\C/C=C\C/C=C\C/C=C\C/C=C\C/C=C\CCCCCCC(=O)OC(COC(=O)CCCCCCCCCCC/C=C\C/C=C\C/C=C\C/C=C\C/C=C\C/C=C\C/C=C\C/C=C\C/C=C\CC)COP(=O)([O-])OCC[N+](C)(C)C. The van der Waals surface area contributed by atoms with Crippen molar-refractivity contribution in [1.82, 2.24) is 0 Å². The molecule has 10 heteroatoms. The van der Waals surface area contributed by atoms with Crippen LogP contribution >= 0.6 is 7.82 Å². The third-order valence-corrected chi connectivity index (χ3v) is 16.5. The molecule has 0 aliphatic carbocycles. The summed E-state index contributed by atoms with van der Waals surface area (Å²) >= 11 is 0. The topological polar surface area (TPSA) is 111 Å². The van der Waals surface area contributed by atoms with E-state index >= 15 is 0 Å². The molecule has 0 heterocycles. The molecule has 0 bridgehead atoms. The maximum absolute atomic E-state index is 12.9. The van der Waals surface area contributed by atoms with Gasteiger partial charge >= 0.3 is 11.9 Å². The molecule has 0 N–H and O–H groups in total. The van der Waals surface area contributed by atoms with E-state index in [4.69, 9.17) is 18.5 Å². The summed E-state index contributed by atoms with van der Waals surface area (Å²) in [6, 6.07) is 0. The number of allylic oxidation sites excluding steroid dienone is 42. The van der Waals surface area contributed by atoms with Crippen LogP contribution in [0.4, 0.5) is 0 Å². The summed E-state index contributed by atoms with van der Waals surface area (Å²) in [7, 11) is 1.11. The third kappa shape index (κ3) is 82.5. The van der Waals surface area contributed by atoms with Gasteiger partial charge < -0.3 is 27.9 Å². The number of esters is 2. The van der Waals surface area contributed by atoms with Gasteiger partial charge in [0.15, 0.2) is 6.10 Å². The monoisotopic (exact) mass is 1420 g/mol. The van der Waals surface area contributed by atoms with E-state index in [1.54, 1.807) is 0 Å². The van der Waals surface area contributed by atoms with Gasteiger partial charge in [-0.05, 0) is 173 Å². The predicted molar refractivity (Wildman–Crippen MR) is 442 cm³/mol. The van der Waals surface area contributed by atoms with Crippen LogP contribution in [0.15, 0.2) is 255 Å². The first-order chi connectivity index (χ1) is 50.0. The Morgan fingerprint density at radius 2 is 0.529 bits per heavy atom. The van der Waals surface area contributed by atoms with Crippen LogP contribution in [0.5, 0.6) is 0 Å². The lowest BCUT2D eigenvalue weighted by molar-refractivity contribution is -0.870. The highest BCUT2D eigenvalue weighted by Gasteiger charge is 2.22. The number of quaternary nitrogens is 1. The smallest absolute Gasteiger partial charge is 0.306 e. The molecular weight excluding hydrogens is 1280 g/mol. The number of carbonyl (C=O) groups excluding carboxylic acids is 2. The van der Waals surface area contributed by atoms with Crippen molar-refractivity contribution < 1.29 is 42.1 Å². The van der Waals surface area contributed by atoms with Crippen LogP contribution < -0.4 is 4.89 Å². The molecule has 0 aromatic rings. The molecule has 0 amide bonds. The Balaban J connectivity index is 4.19. The number of phosphoric ester groups is 1. The molecule has 9 nitrogen and oxygen atoms in total. The lowest BCUT2D eigenvalue weighted by Crippen LogP contribution is -2.37. The van der Waals surface area contributed by atoms with E-state index in [0.717, 1.165) is 186 Å². The van der Waals surface area contributed by atoms with Gasteiger partial charge in [0.05, 0.1) is 27.7 Å². The van der Waals surface area contributed by atoms with Crippen molar-refractivity contribution in [2.45, 2.75) is 264 Å². The Kier molecular flexibility index (Phi) is 73.7. The quantitative estimate of drug-likeness (QED) is 0.0195. The minimum atomic E-state index is -4.67. The number of rotatable bonds is 69. The van der Waals surface area contributed by atoms with Gasteiger partial charge in [-0.25, -0.2) is 0 Å². The fourth-order valence-electron chi connectivity index (χ4n) is 9.63. The molecular formula is C92H142NO8P. The van der Waals surface area contributed by atoms with Crippen LogP contribution in [0, 0.1) is 0 Å². The number of nitrogens with zero attached hydrogens (tertiary/aromatic N) is 1. The molecule has 2 atom stereocenters. The van der Waals surface area contributed by atoms with Crippen molar-refractivity contribution in [3.05, 3.63) is 255 Å². The van der Waals surface area contributed by atoms with Crippen LogP contribution in [-0.4, -0.2) is 70.0 Å². The van der Waals surface area contributed by atoms with E-state index in [0.29, 0.717) is 23.9 Å². The van der Waals surface area contributed by atoms with Crippen molar-refractivity contribution >= 4 is 19.8 Å². The summed E-state index contributed by atoms with van der Waals surface area (Å²) in [4.78, 5) is 38.2. The van der Waals surface area contributed by atoms with Crippen LogP contribution in [0.2, 0.25) is 0 Å². The van der Waals surface area contributed by atoms with Gasteiger partial charge in [-0.1, -0.05) is 327 Å². The van der Waals surface area contributed by atoms with Gasteiger partial charge in [-0.3, -0.25) is 14.2 Å². The lowest BCUT2D eigenvalue weighted by atomic mass is 10.1. The fourth-order valence-corrected chi connectivity index (χ4v) is 10.4. The molecule has 0 saturated heterocycles. The molecule has 0 fully saturated rings. The van der Waals surface area contributed by atoms with Gasteiger partial charge in [-0.2, -0.15) is 0 Å². The zero-order chi connectivity index (χ0) is 74.0. The van der Waals surface area contributed by atoms with Crippen molar-refractivity contribution in [2.75, 3.05) is 47.5 Å². The molecule has 0 aromatic carbocycles. The number of hydrogen-bond acceptors (Lipinski definition) is 8. The van der Waals surface area contributed by atoms with E-state index in [-0.39, 0.29) is 26.1 Å². The Morgan fingerprint density at radius 3 is 0.784 bits per heavy atom. The zero-order valence-corrected chi connectivity index (χ0v) is 65.6. The van der Waals surface area contributed by atoms with Crippen molar-refractivity contribution in [3.8, 4) is 0 Å². The van der Waals surface area contributed by atoms with Crippen LogP contribution in [-0.2, 0) is 32.7 Å². The summed E-state index contributed by atoms with van der Waals surface area (Å²) in [5.74, 6) is -0.888. The molecule has 0 rings (SSSR count). The van der Waals surface area contributed by atoms with Crippen molar-refractivity contribution in [3.63, 3.8) is 0 Å². The summed E-state index contributed by atoms with van der Waals surface area (Å²) in [5, 5.41) is 0. The second kappa shape index (κ2) is 78.7. The lowest BCUT2D eigenvalue weighted by Gasteiger charge is -2.28. The number of unbranched alkanes of at least 4 members (excludes halogenated alkanes) is 13. The Bertz CT molecular complexity index is 2680. The summed E-state index contributed by atoms with van der Waals surface area (Å²) in [6.07, 6.45) is 129. The van der Waals surface area contributed by atoms with E-state index in [1.807, 2.05) is 21.1 Å². The normalized spacial score (nSPS) is 14.5. The standard InChI is InChI=1S/C92H142NO8P/c1-6-8-10-12-14-16-18-20-22-24-26-28-30-32-34-36-38-40-42-44-45-46-47-49-51-53-55-57-59-61-63-65-67-69-71-73-75-77-79-81-83-85-92(95)101-90(89-100-102(96,97)99-87-86-93(3,4)5)88-98-91(94)84-82-80-78-76-74-72-70-68-66-64-62-60-58-56-54-52-50-48-43-41-39-37-35-33-31-29-27-25-23-21-19-17-15-13-11-9-7-2/h8-11,14-17,20-23,26-29,32-35,38-41,44-45,47-50,53-56,59-62,65,67,71,73,90H,6-7,12-13,18-19,24-25,30-31,36-37,42-43,46,51-52,57-58,63-64,66,68-70,72,74-89H2,1-5H3/b10-8-,11-9-,16-14-,17-15-,22-20-,23-21-,28-26-,29-27-,34-32-,35-33-,40-38-,41-39-,45-44-,49-47-,50-48-,55-53-,56-54-,61-59-,62-60-,67-65-,73-71-. The van der Waals surface area contributed by atoms with E-state index in [2.05, 4.69) is 269 Å². The summed E-state index contributed by atoms with van der Waals surface area (Å²) in [5.41, 5.74) is 0. The van der Waals surface area contributed by atoms with E-state index in [1.165, 1.54) is 32.1 Å². The zero-order valence-electron chi connectivity index (χ0n) is 64.7. The van der Waals surface area contributed by atoms with Gasteiger partial charge in [-0.15, -0.1) is 0 Å². The molecule has 0 saturated carbocycles. The summed E-state index contributed by atoms with van der Waals surface area (Å²) < 4.78 is 34.3. The highest BCUT2D eigenvalue weighted by Crippen LogP contribution is 2.38. The number of likely N-dealkylation sites (N-methyl/N-ethyl adjacent to an activating group) is 1. The Morgan fingerprint density at radius 1 is 0.304 bits per heavy atom. The number of ether oxygens (including phenoxy) is 2. The minimum Gasteiger partial charge on any atom is -0.756 e. The molecule has 0 radical (unpaired) electrons. The van der Waals surface area contributed by atoms with Gasteiger partial charge in [0.25, 0.3) is 7.82 Å². The number of phosphoric acid groups is 1. The molecule has 2 unspecified atom stereocenters. The van der Waals surface area contributed by atoms with Crippen LogP contribution in [0.3, 0.4) is 0 Å². The first-order valence-electron chi connectivity index (χ1n) is 39.4.